The lowest BCUT2D eigenvalue weighted by Gasteiger charge is -2.38. The van der Waals surface area contributed by atoms with Gasteiger partial charge in [0.05, 0.1) is 5.60 Å². The molecule has 2 nitrogen and oxygen atoms in total. The van der Waals surface area contributed by atoms with Crippen molar-refractivity contribution in [2.24, 2.45) is 11.7 Å². The first-order valence-corrected chi connectivity index (χ1v) is 5.07. The molecule has 0 amide bonds. The lowest BCUT2D eigenvalue weighted by molar-refractivity contribution is 0.0292. The second-order valence-electron chi connectivity index (χ2n) is 4.33. The second-order valence-corrected chi connectivity index (χ2v) is 4.53. The molecule has 1 saturated carbocycles. The molecule has 2 N–H and O–H groups in total. The molecule has 0 spiro atoms. The van der Waals surface area contributed by atoms with Crippen LogP contribution in [0.3, 0.4) is 0 Å². The zero-order chi connectivity index (χ0) is 9.19. The maximum atomic E-state index is 5.91. The van der Waals surface area contributed by atoms with Gasteiger partial charge in [0.25, 0.3) is 0 Å². The summed E-state index contributed by atoms with van der Waals surface area (Å²) >= 11 is 0. The predicted molar refractivity (Wildman–Crippen MR) is 50.9 cm³/mol. The third kappa shape index (κ3) is 2.31. The number of rotatable bonds is 2. The van der Waals surface area contributed by atoms with Gasteiger partial charge in [0.2, 0.25) is 10.5 Å². The lowest BCUT2D eigenvalue weighted by Crippen LogP contribution is -2.40. The standard InChI is InChI=1S/C9H18NOSi/c1-9(2,11-12)7-4-3-5-8(10)6-7/h7-8H,3-6,10H2,1-2H3. The topological polar surface area (TPSA) is 35.2 Å². The van der Waals surface area contributed by atoms with Gasteiger partial charge in [-0.3, -0.25) is 0 Å². The van der Waals surface area contributed by atoms with Crippen molar-refractivity contribution in [1.29, 1.82) is 0 Å². The van der Waals surface area contributed by atoms with Crippen LogP contribution in [0.2, 0.25) is 0 Å². The van der Waals surface area contributed by atoms with Crippen molar-refractivity contribution >= 4 is 10.5 Å². The molecule has 0 aliphatic heterocycles. The highest BCUT2D eigenvalue weighted by Gasteiger charge is 2.32. The summed E-state index contributed by atoms with van der Waals surface area (Å²) in [6.07, 6.45) is 4.75. The molecule has 0 aromatic rings. The highest BCUT2D eigenvalue weighted by atomic mass is 28.2. The SMILES string of the molecule is CC(C)(O[Si])C1CCCC(N)C1. The van der Waals surface area contributed by atoms with Crippen LogP contribution in [0, 0.1) is 5.92 Å². The second kappa shape index (κ2) is 3.90. The van der Waals surface area contributed by atoms with E-state index in [1.54, 1.807) is 0 Å². The molecular weight excluding hydrogens is 166 g/mol. The minimum absolute atomic E-state index is 0.0745. The molecule has 0 aromatic heterocycles. The molecule has 2 unspecified atom stereocenters. The molecule has 0 saturated heterocycles. The summed E-state index contributed by atoms with van der Waals surface area (Å²) in [6.45, 7) is 4.23. The summed E-state index contributed by atoms with van der Waals surface area (Å²) in [5, 5.41) is 0. The van der Waals surface area contributed by atoms with Crippen LogP contribution < -0.4 is 5.73 Å². The van der Waals surface area contributed by atoms with Gasteiger partial charge in [-0.25, -0.2) is 0 Å². The van der Waals surface area contributed by atoms with Gasteiger partial charge in [0.15, 0.2) is 0 Å². The summed E-state index contributed by atoms with van der Waals surface area (Å²) < 4.78 is 5.28. The summed E-state index contributed by atoms with van der Waals surface area (Å²) in [5.41, 5.74) is 5.83. The average molecular weight is 184 g/mol. The molecule has 0 aromatic carbocycles. The van der Waals surface area contributed by atoms with Crippen LogP contribution in [0.5, 0.6) is 0 Å². The van der Waals surface area contributed by atoms with Crippen molar-refractivity contribution in [3.8, 4) is 0 Å². The van der Waals surface area contributed by atoms with Crippen LogP contribution in [-0.4, -0.2) is 22.1 Å². The molecule has 12 heavy (non-hydrogen) atoms. The Morgan fingerprint density at radius 3 is 2.58 bits per heavy atom. The quantitative estimate of drug-likeness (QED) is 0.658. The Kier molecular flexibility index (Phi) is 3.32. The molecular formula is C9H18NOSi. The molecule has 3 heteroatoms. The molecule has 69 valence electrons. The molecule has 2 atom stereocenters. The zero-order valence-electron chi connectivity index (χ0n) is 7.97. The van der Waals surface area contributed by atoms with Crippen LogP contribution in [0.1, 0.15) is 39.5 Å². The normalized spacial score (nSPS) is 32.0. The van der Waals surface area contributed by atoms with E-state index in [2.05, 4.69) is 24.3 Å². The van der Waals surface area contributed by atoms with Gasteiger partial charge in [-0.15, -0.1) is 0 Å². The van der Waals surface area contributed by atoms with Crippen LogP contribution >= 0.6 is 0 Å². The molecule has 0 heterocycles. The first kappa shape index (κ1) is 10.2. The fraction of sp³-hybridized carbons (Fsp3) is 1.00. The first-order chi connectivity index (χ1) is 5.56. The fourth-order valence-electron chi connectivity index (χ4n) is 1.94. The van der Waals surface area contributed by atoms with Gasteiger partial charge in [-0.1, -0.05) is 6.42 Å². The third-order valence-electron chi connectivity index (χ3n) is 2.96. The van der Waals surface area contributed by atoms with Gasteiger partial charge in [0.1, 0.15) is 0 Å². The van der Waals surface area contributed by atoms with E-state index in [4.69, 9.17) is 10.2 Å². The van der Waals surface area contributed by atoms with Crippen LogP contribution in [0.15, 0.2) is 0 Å². The largest absolute Gasteiger partial charge is 0.413 e. The average Bonchev–Trinajstić information content (AvgIpc) is 2.05. The van der Waals surface area contributed by atoms with Crippen molar-refractivity contribution in [2.45, 2.75) is 51.2 Å². The van der Waals surface area contributed by atoms with E-state index < -0.39 is 0 Å². The van der Waals surface area contributed by atoms with Crippen LogP contribution in [0.25, 0.3) is 0 Å². The van der Waals surface area contributed by atoms with Crippen molar-refractivity contribution < 1.29 is 4.43 Å². The molecule has 1 fully saturated rings. The summed E-state index contributed by atoms with van der Waals surface area (Å²) in [6, 6.07) is 0.379. The lowest BCUT2D eigenvalue weighted by atomic mass is 9.77. The van der Waals surface area contributed by atoms with E-state index in [1.165, 1.54) is 19.3 Å². The Bertz CT molecular complexity index is 149. The van der Waals surface area contributed by atoms with E-state index in [0.29, 0.717) is 12.0 Å². The molecule has 3 radical (unpaired) electrons. The minimum Gasteiger partial charge on any atom is -0.413 e. The van der Waals surface area contributed by atoms with Gasteiger partial charge < -0.3 is 10.2 Å². The maximum absolute atomic E-state index is 5.91. The smallest absolute Gasteiger partial charge is 0.246 e. The Labute approximate surface area is 78.4 Å². The number of hydrogen-bond acceptors (Lipinski definition) is 2. The van der Waals surface area contributed by atoms with E-state index >= 15 is 0 Å². The Morgan fingerprint density at radius 1 is 1.42 bits per heavy atom. The Hall–Kier alpha value is 0.137. The van der Waals surface area contributed by atoms with Gasteiger partial charge in [-0.2, -0.15) is 0 Å². The van der Waals surface area contributed by atoms with Gasteiger partial charge >= 0.3 is 0 Å². The Balaban J connectivity index is 2.50. The van der Waals surface area contributed by atoms with Crippen molar-refractivity contribution in [1.82, 2.24) is 0 Å². The van der Waals surface area contributed by atoms with E-state index in [0.717, 1.165) is 6.42 Å². The monoisotopic (exact) mass is 184 g/mol. The van der Waals surface area contributed by atoms with E-state index in [-0.39, 0.29) is 5.60 Å². The molecule has 1 aliphatic carbocycles. The van der Waals surface area contributed by atoms with Crippen LogP contribution in [-0.2, 0) is 4.43 Å². The summed E-state index contributed by atoms with van der Waals surface area (Å²) in [5.74, 6) is 0.596. The highest BCUT2D eigenvalue weighted by molar-refractivity contribution is 5.98. The zero-order valence-corrected chi connectivity index (χ0v) is 8.97. The molecule has 1 rings (SSSR count). The third-order valence-corrected chi connectivity index (χ3v) is 3.49. The highest BCUT2D eigenvalue weighted by Crippen LogP contribution is 2.33. The summed E-state index contributed by atoms with van der Waals surface area (Å²) in [4.78, 5) is 0. The summed E-state index contributed by atoms with van der Waals surface area (Å²) in [7, 11) is 3.13. The van der Waals surface area contributed by atoms with E-state index in [1.807, 2.05) is 0 Å². The van der Waals surface area contributed by atoms with E-state index in [9.17, 15) is 0 Å². The van der Waals surface area contributed by atoms with Crippen molar-refractivity contribution in [3.05, 3.63) is 0 Å². The fourth-order valence-corrected chi connectivity index (χ4v) is 2.11. The van der Waals surface area contributed by atoms with Crippen molar-refractivity contribution in [3.63, 3.8) is 0 Å². The van der Waals surface area contributed by atoms with Gasteiger partial charge in [0, 0.05) is 6.04 Å². The number of hydrogen-bond donors (Lipinski definition) is 1. The van der Waals surface area contributed by atoms with Crippen molar-refractivity contribution in [2.75, 3.05) is 0 Å². The molecule has 1 aliphatic rings. The Morgan fingerprint density at radius 2 is 2.08 bits per heavy atom. The molecule has 0 bridgehead atoms. The minimum atomic E-state index is -0.0745. The number of nitrogens with two attached hydrogens (primary N) is 1. The van der Waals surface area contributed by atoms with Crippen LogP contribution in [0.4, 0.5) is 0 Å². The first-order valence-electron chi connectivity index (χ1n) is 4.66. The maximum Gasteiger partial charge on any atom is 0.246 e. The van der Waals surface area contributed by atoms with Gasteiger partial charge in [-0.05, 0) is 39.0 Å². The predicted octanol–water partition coefficient (Wildman–Crippen LogP) is 1.38.